The van der Waals surface area contributed by atoms with Crippen LogP contribution >= 0.6 is 0 Å². The minimum atomic E-state index is -0.314. The standard InChI is InChI=1S/C22H25FN2O3/c1-24-20-9-8-18(23)13-17(20)14-21(24)22(26)25(10-5-11-27-2)15-16-6-4-7-19(12-16)28-3/h4,6-9,12-14H,5,10-11,15H2,1-3H3. The number of carbonyl (C=O) groups excluding carboxylic acids is 1. The molecule has 3 aromatic rings. The molecule has 0 saturated heterocycles. The molecular weight excluding hydrogens is 359 g/mol. The van der Waals surface area contributed by atoms with E-state index in [9.17, 15) is 9.18 Å². The van der Waals surface area contributed by atoms with Crippen LogP contribution in [0.2, 0.25) is 0 Å². The van der Waals surface area contributed by atoms with Gasteiger partial charge < -0.3 is 18.9 Å². The minimum absolute atomic E-state index is 0.0990. The summed E-state index contributed by atoms with van der Waals surface area (Å²) in [5.41, 5.74) is 2.33. The van der Waals surface area contributed by atoms with Gasteiger partial charge in [0.15, 0.2) is 0 Å². The molecule has 1 amide bonds. The largest absolute Gasteiger partial charge is 0.497 e. The average Bonchev–Trinajstić information content (AvgIpc) is 3.02. The summed E-state index contributed by atoms with van der Waals surface area (Å²) in [6.45, 7) is 1.58. The van der Waals surface area contributed by atoms with Crippen LogP contribution < -0.4 is 4.74 Å². The van der Waals surface area contributed by atoms with Crippen molar-refractivity contribution in [1.82, 2.24) is 9.47 Å². The first kappa shape index (κ1) is 19.9. The number of amides is 1. The van der Waals surface area contributed by atoms with E-state index in [2.05, 4.69) is 0 Å². The SMILES string of the molecule is COCCCN(Cc1cccc(OC)c1)C(=O)c1cc2cc(F)ccc2n1C. The smallest absolute Gasteiger partial charge is 0.270 e. The molecule has 1 aromatic heterocycles. The first-order valence-corrected chi connectivity index (χ1v) is 9.19. The lowest BCUT2D eigenvalue weighted by molar-refractivity contribution is 0.0714. The number of carbonyl (C=O) groups is 1. The zero-order chi connectivity index (χ0) is 20.1. The third kappa shape index (κ3) is 4.34. The quantitative estimate of drug-likeness (QED) is 0.551. The van der Waals surface area contributed by atoms with E-state index < -0.39 is 0 Å². The van der Waals surface area contributed by atoms with E-state index in [0.717, 1.165) is 23.3 Å². The maximum Gasteiger partial charge on any atom is 0.270 e. The molecule has 0 unspecified atom stereocenters. The van der Waals surface area contributed by atoms with E-state index in [4.69, 9.17) is 9.47 Å². The van der Waals surface area contributed by atoms with Crippen molar-refractivity contribution < 1.29 is 18.7 Å². The molecule has 0 spiro atoms. The fourth-order valence-electron chi connectivity index (χ4n) is 3.33. The Hall–Kier alpha value is -2.86. The fraction of sp³-hybridized carbons (Fsp3) is 0.318. The zero-order valence-electron chi connectivity index (χ0n) is 16.4. The molecule has 0 N–H and O–H groups in total. The van der Waals surface area contributed by atoms with Crippen LogP contribution in [0.5, 0.6) is 5.75 Å². The van der Waals surface area contributed by atoms with Crippen LogP contribution in [-0.2, 0) is 18.3 Å². The van der Waals surface area contributed by atoms with Gasteiger partial charge in [-0.15, -0.1) is 0 Å². The monoisotopic (exact) mass is 384 g/mol. The maximum absolute atomic E-state index is 13.6. The Labute approximate surface area is 164 Å². The van der Waals surface area contributed by atoms with Gasteiger partial charge in [-0.2, -0.15) is 0 Å². The lowest BCUT2D eigenvalue weighted by Crippen LogP contribution is -2.33. The third-order valence-corrected chi connectivity index (χ3v) is 4.79. The van der Waals surface area contributed by atoms with Crippen molar-refractivity contribution in [2.24, 2.45) is 7.05 Å². The number of ether oxygens (including phenoxy) is 2. The van der Waals surface area contributed by atoms with Gasteiger partial charge in [-0.25, -0.2) is 4.39 Å². The van der Waals surface area contributed by atoms with Gasteiger partial charge in [-0.05, 0) is 48.4 Å². The van der Waals surface area contributed by atoms with E-state index in [1.807, 2.05) is 35.9 Å². The highest BCUT2D eigenvalue weighted by molar-refractivity contribution is 5.98. The first-order valence-electron chi connectivity index (χ1n) is 9.19. The van der Waals surface area contributed by atoms with E-state index in [-0.39, 0.29) is 11.7 Å². The Balaban J connectivity index is 1.90. The highest BCUT2D eigenvalue weighted by Gasteiger charge is 2.20. The minimum Gasteiger partial charge on any atom is -0.497 e. The molecule has 1 heterocycles. The van der Waals surface area contributed by atoms with Crippen molar-refractivity contribution in [3.05, 3.63) is 65.6 Å². The van der Waals surface area contributed by atoms with Crippen LogP contribution in [0, 0.1) is 5.82 Å². The molecule has 0 atom stereocenters. The van der Waals surface area contributed by atoms with Gasteiger partial charge in [0.2, 0.25) is 0 Å². The number of rotatable bonds is 8. The van der Waals surface area contributed by atoms with Gasteiger partial charge in [-0.1, -0.05) is 12.1 Å². The Morgan fingerprint density at radius 3 is 2.71 bits per heavy atom. The summed E-state index contributed by atoms with van der Waals surface area (Å²) in [5.74, 6) is 0.338. The number of methoxy groups -OCH3 is 2. The van der Waals surface area contributed by atoms with Gasteiger partial charge in [0.25, 0.3) is 5.91 Å². The third-order valence-electron chi connectivity index (χ3n) is 4.79. The molecule has 5 nitrogen and oxygen atoms in total. The van der Waals surface area contributed by atoms with Crippen LogP contribution in [0.3, 0.4) is 0 Å². The average molecular weight is 384 g/mol. The second kappa shape index (κ2) is 8.89. The molecule has 0 aliphatic rings. The molecule has 0 aliphatic carbocycles. The molecule has 0 fully saturated rings. The second-order valence-corrected chi connectivity index (χ2v) is 6.72. The summed E-state index contributed by atoms with van der Waals surface area (Å²) in [6, 6.07) is 14.0. The lowest BCUT2D eigenvalue weighted by Gasteiger charge is -2.23. The Bertz CT molecular complexity index is 968. The number of hydrogen-bond donors (Lipinski definition) is 0. The van der Waals surface area contributed by atoms with Crippen LogP contribution in [0.4, 0.5) is 4.39 Å². The summed E-state index contributed by atoms with van der Waals surface area (Å²) in [5, 5.41) is 0.712. The Kier molecular flexibility index (Phi) is 6.31. The van der Waals surface area contributed by atoms with Crippen LogP contribution in [0.25, 0.3) is 10.9 Å². The normalized spacial score (nSPS) is 11.0. The van der Waals surface area contributed by atoms with Crippen molar-refractivity contribution >= 4 is 16.8 Å². The van der Waals surface area contributed by atoms with Gasteiger partial charge in [0.1, 0.15) is 17.3 Å². The predicted octanol–water partition coefficient (Wildman–Crippen LogP) is 4.00. The molecular formula is C22H25FN2O3. The summed E-state index contributed by atoms with van der Waals surface area (Å²) < 4.78 is 25.8. The number of aromatic nitrogens is 1. The predicted molar refractivity (Wildman–Crippen MR) is 107 cm³/mol. The van der Waals surface area contributed by atoms with Crippen molar-refractivity contribution in [3.8, 4) is 5.75 Å². The number of fused-ring (bicyclic) bond motifs is 1. The molecule has 0 aliphatic heterocycles. The van der Waals surface area contributed by atoms with Crippen molar-refractivity contribution in [2.75, 3.05) is 27.4 Å². The Morgan fingerprint density at radius 1 is 1.14 bits per heavy atom. The molecule has 0 bridgehead atoms. The van der Waals surface area contributed by atoms with Gasteiger partial charge >= 0.3 is 0 Å². The highest BCUT2D eigenvalue weighted by Crippen LogP contribution is 2.22. The molecule has 2 aromatic carbocycles. The second-order valence-electron chi connectivity index (χ2n) is 6.72. The molecule has 0 saturated carbocycles. The number of benzene rings is 2. The topological polar surface area (TPSA) is 43.7 Å². The number of hydrogen-bond acceptors (Lipinski definition) is 3. The van der Waals surface area contributed by atoms with E-state index >= 15 is 0 Å². The number of nitrogens with zero attached hydrogens (tertiary/aromatic N) is 2. The lowest BCUT2D eigenvalue weighted by atomic mass is 10.2. The van der Waals surface area contributed by atoms with Crippen molar-refractivity contribution in [3.63, 3.8) is 0 Å². The summed E-state index contributed by atoms with van der Waals surface area (Å²) >= 11 is 0. The van der Waals surface area contributed by atoms with E-state index in [0.29, 0.717) is 30.8 Å². The highest BCUT2D eigenvalue weighted by atomic mass is 19.1. The summed E-state index contributed by atoms with van der Waals surface area (Å²) in [7, 11) is 5.09. The van der Waals surface area contributed by atoms with Gasteiger partial charge in [0, 0.05) is 44.8 Å². The van der Waals surface area contributed by atoms with Crippen LogP contribution in [0.1, 0.15) is 22.5 Å². The molecule has 148 valence electrons. The number of halogens is 1. The maximum atomic E-state index is 13.6. The summed E-state index contributed by atoms with van der Waals surface area (Å²) in [4.78, 5) is 15.1. The zero-order valence-corrected chi connectivity index (χ0v) is 16.4. The van der Waals surface area contributed by atoms with Crippen molar-refractivity contribution in [2.45, 2.75) is 13.0 Å². The van der Waals surface area contributed by atoms with E-state index in [1.54, 1.807) is 31.3 Å². The van der Waals surface area contributed by atoms with Gasteiger partial charge in [-0.3, -0.25) is 4.79 Å². The van der Waals surface area contributed by atoms with E-state index in [1.165, 1.54) is 12.1 Å². The first-order chi connectivity index (χ1) is 13.5. The summed E-state index contributed by atoms with van der Waals surface area (Å²) in [6.07, 6.45) is 0.727. The van der Waals surface area contributed by atoms with Crippen LogP contribution in [0.15, 0.2) is 48.5 Å². The van der Waals surface area contributed by atoms with Crippen molar-refractivity contribution in [1.29, 1.82) is 0 Å². The molecule has 0 radical (unpaired) electrons. The van der Waals surface area contributed by atoms with Crippen LogP contribution in [-0.4, -0.2) is 42.7 Å². The fourth-order valence-corrected chi connectivity index (χ4v) is 3.33. The molecule has 6 heteroatoms. The molecule has 3 rings (SSSR count). The van der Waals surface area contributed by atoms with Gasteiger partial charge in [0.05, 0.1) is 7.11 Å². The number of aryl methyl sites for hydroxylation is 1. The Morgan fingerprint density at radius 2 is 1.96 bits per heavy atom. The molecule has 28 heavy (non-hydrogen) atoms.